The van der Waals surface area contributed by atoms with Crippen molar-refractivity contribution < 1.29 is 9.53 Å². The first-order chi connectivity index (χ1) is 16.7. The average molecular weight is 496 g/mol. The molecule has 190 valence electrons. The van der Waals surface area contributed by atoms with E-state index in [1.165, 1.54) is 47.4 Å². The molecule has 0 atom stereocenters. The lowest BCUT2D eigenvalue weighted by molar-refractivity contribution is 0.0849. The van der Waals surface area contributed by atoms with E-state index in [9.17, 15) is 4.79 Å². The van der Waals surface area contributed by atoms with Crippen molar-refractivity contribution in [3.63, 3.8) is 0 Å². The maximum Gasteiger partial charge on any atom is 0.409 e. The fourth-order valence-corrected chi connectivity index (χ4v) is 7.02. The van der Waals surface area contributed by atoms with E-state index in [0.29, 0.717) is 12.5 Å². The van der Waals surface area contributed by atoms with E-state index in [2.05, 4.69) is 56.2 Å². The zero-order valence-corrected chi connectivity index (χ0v) is 22.8. The van der Waals surface area contributed by atoms with Gasteiger partial charge in [-0.2, -0.15) is 0 Å². The number of nitrogens with zero attached hydrogens (tertiary/aromatic N) is 3. The number of fused-ring (bicyclic) bond motifs is 1. The Morgan fingerprint density at radius 3 is 2.43 bits per heavy atom. The van der Waals surface area contributed by atoms with Gasteiger partial charge in [0.25, 0.3) is 0 Å². The summed E-state index contributed by atoms with van der Waals surface area (Å²) in [4.78, 5) is 21.8. The van der Waals surface area contributed by atoms with E-state index >= 15 is 0 Å². The van der Waals surface area contributed by atoms with E-state index in [1.807, 2.05) is 4.90 Å². The molecule has 1 aromatic carbocycles. The van der Waals surface area contributed by atoms with E-state index < -0.39 is 0 Å². The molecule has 0 bridgehead atoms. The summed E-state index contributed by atoms with van der Waals surface area (Å²) in [5.41, 5.74) is 5.74. The van der Waals surface area contributed by atoms with Crippen LogP contribution in [0.4, 0.5) is 4.79 Å². The second kappa shape index (κ2) is 9.85. The maximum absolute atomic E-state index is 12.5. The van der Waals surface area contributed by atoms with E-state index in [4.69, 9.17) is 9.72 Å². The number of carbonyl (C=O) groups is 1. The van der Waals surface area contributed by atoms with Gasteiger partial charge in [0.15, 0.2) is 0 Å². The van der Waals surface area contributed by atoms with Crippen LogP contribution in [0.25, 0.3) is 11.3 Å². The summed E-state index contributed by atoms with van der Waals surface area (Å²) in [5, 5.41) is 3.43. The highest BCUT2D eigenvalue weighted by molar-refractivity contribution is 7.10. The average Bonchev–Trinajstić information content (AvgIpc) is 3.55. The smallest absolute Gasteiger partial charge is 0.409 e. The minimum absolute atomic E-state index is 0.151. The van der Waals surface area contributed by atoms with Crippen molar-refractivity contribution in [1.82, 2.24) is 14.8 Å². The van der Waals surface area contributed by atoms with Gasteiger partial charge in [0.05, 0.1) is 10.7 Å². The van der Waals surface area contributed by atoms with Crippen molar-refractivity contribution >= 4 is 17.4 Å². The van der Waals surface area contributed by atoms with Crippen molar-refractivity contribution in [2.45, 2.75) is 83.0 Å². The Morgan fingerprint density at radius 1 is 1.03 bits per heavy atom. The third-order valence-corrected chi connectivity index (χ3v) is 9.61. The van der Waals surface area contributed by atoms with Gasteiger partial charge < -0.3 is 9.64 Å². The standard InChI is InChI=1S/C29H41N3O2S/c1-28(2)11-12-29(3,4)24-19-22(7-8-23(24)28)25-20-35-26(30-25)21-9-15-32(16-10-21)27(33)34-18-17-31-13-5-6-14-31/h7-8,19-21H,5-6,9-18H2,1-4H3. The lowest BCUT2D eigenvalue weighted by atomic mass is 9.63. The van der Waals surface area contributed by atoms with Crippen LogP contribution in [-0.2, 0) is 15.6 Å². The molecule has 35 heavy (non-hydrogen) atoms. The van der Waals surface area contributed by atoms with Gasteiger partial charge >= 0.3 is 6.09 Å². The van der Waals surface area contributed by atoms with Crippen molar-refractivity contribution in [2.24, 2.45) is 0 Å². The van der Waals surface area contributed by atoms with Gasteiger partial charge in [0.2, 0.25) is 0 Å². The summed E-state index contributed by atoms with van der Waals surface area (Å²) >= 11 is 1.77. The molecule has 2 fully saturated rings. The van der Waals surface area contributed by atoms with Gasteiger partial charge in [-0.1, -0.05) is 39.8 Å². The minimum atomic E-state index is -0.151. The summed E-state index contributed by atoms with van der Waals surface area (Å²) in [5.74, 6) is 0.426. The van der Waals surface area contributed by atoms with Crippen LogP contribution in [0.15, 0.2) is 23.6 Å². The van der Waals surface area contributed by atoms with Crippen LogP contribution < -0.4 is 0 Å². The monoisotopic (exact) mass is 495 g/mol. The molecular formula is C29H41N3O2S. The summed E-state index contributed by atoms with van der Waals surface area (Å²) in [7, 11) is 0. The molecule has 2 aliphatic heterocycles. The second-order valence-corrected chi connectivity index (χ2v) is 12.9. The number of amides is 1. The lowest BCUT2D eigenvalue weighted by Gasteiger charge is -2.42. The Balaban J connectivity index is 1.19. The summed E-state index contributed by atoms with van der Waals surface area (Å²) in [6, 6.07) is 7.01. The Morgan fingerprint density at radius 2 is 1.71 bits per heavy atom. The highest BCUT2D eigenvalue weighted by Gasteiger charge is 2.37. The summed E-state index contributed by atoms with van der Waals surface area (Å²) in [6.45, 7) is 14.7. The van der Waals surface area contributed by atoms with Crippen LogP contribution in [-0.4, -0.2) is 60.2 Å². The van der Waals surface area contributed by atoms with Gasteiger partial charge in [0, 0.05) is 36.5 Å². The number of hydrogen-bond acceptors (Lipinski definition) is 5. The first kappa shape index (κ1) is 24.8. The number of aromatic nitrogens is 1. The number of likely N-dealkylation sites (tertiary alicyclic amines) is 2. The summed E-state index contributed by atoms with van der Waals surface area (Å²) < 4.78 is 5.56. The Bertz CT molecular complexity index is 1050. The van der Waals surface area contributed by atoms with E-state index in [0.717, 1.165) is 51.3 Å². The Kier molecular flexibility index (Phi) is 6.97. The number of benzene rings is 1. The minimum Gasteiger partial charge on any atom is -0.448 e. The number of hydrogen-bond donors (Lipinski definition) is 0. The summed E-state index contributed by atoms with van der Waals surface area (Å²) in [6.07, 6.45) is 6.75. The van der Waals surface area contributed by atoms with E-state index in [-0.39, 0.29) is 16.9 Å². The van der Waals surface area contributed by atoms with E-state index in [1.54, 1.807) is 11.3 Å². The van der Waals surface area contributed by atoms with Gasteiger partial charge in [0.1, 0.15) is 6.61 Å². The van der Waals surface area contributed by atoms with Crippen molar-refractivity contribution in [3.8, 4) is 11.3 Å². The molecule has 0 spiro atoms. The molecule has 0 saturated carbocycles. The molecule has 3 aliphatic rings. The van der Waals surface area contributed by atoms with Crippen molar-refractivity contribution in [1.29, 1.82) is 0 Å². The molecule has 1 aromatic heterocycles. The SMILES string of the molecule is CC1(C)CCC(C)(C)c2cc(-c3csc(C4CCN(C(=O)OCCN5CCCC5)CC4)n3)ccc21. The molecule has 0 radical (unpaired) electrons. The number of ether oxygens (including phenoxy) is 1. The fourth-order valence-electron chi connectivity index (χ4n) is 6.02. The predicted octanol–water partition coefficient (Wildman–Crippen LogP) is 6.57. The van der Waals surface area contributed by atoms with Crippen molar-refractivity contribution in [3.05, 3.63) is 39.7 Å². The third kappa shape index (κ3) is 5.29. The van der Waals surface area contributed by atoms with Crippen LogP contribution in [0.1, 0.15) is 88.3 Å². The molecule has 5 rings (SSSR count). The fraction of sp³-hybridized carbons (Fsp3) is 0.655. The molecule has 3 heterocycles. The first-order valence-corrected chi connectivity index (χ1v) is 14.4. The Hall–Kier alpha value is -1.92. The van der Waals surface area contributed by atoms with Gasteiger partial charge in [-0.05, 0) is 79.6 Å². The zero-order chi connectivity index (χ0) is 24.6. The first-order valence-electron chi connectivity index (χ1n) is 13.5. The molecule has 0 unspecified atom stereocenters. The Labute approximate surface area is 214 Å². The van der Waals surface area contributed by atoms with Crippen LogP contribution in [0.3, 0.4) is 0 Å². The van der Waals surface area contributed by atoms with Crippen LogP contribution in [0.2, 0.25) is 0 Å². The number of carbonyl (C=O) groups excluding carboxylic acids is 1. The highest BCUT2D eigenvalue weighted by Crippen LogP contribution is 2.47. The molecule has 5 nitrogen and oxygen atoms in total. The predicted molar refractivity (Wildman–Crippen MR) is 143 cm³/mol. The number of thiazole rings is 1. The molecule has 6 heteroatoms. The largest absolute Gasteiger partial charge is 0.448 e. The van der Waals surface area contributed by atoms with Crippen LogP contribution in [0, 0.1) is 0 Å². The highest BCUT2D eigenvalue weighted by atomic mass is 32.1. The molecule has 0 N–H and O–H groups in total. The number of rotatable bonds is 5. The topological polar surface area (TPSA) is 45.7 Å². The molecule has 1 amide bonds. The van der Waals surface area contributed by atoms with Gasteiger partial charge in [-0.15, -0.1) is 11.3 Å². The number of piperidine rings is 1. The molecular weight excluding hydrogens is 454 g/mol. The van der Waals surface area contributed by atoms with Crippen LogP contribution in [0.5, 0.6) is 0 Å². The van der Waals surface area contributed by atoms with Crippen LogP contribution >= 0.6 is 11.3 Å². The molecule has 1 aliphatic carbocycles. The van der Waals surface area contributed by atoms with Crippen molar-refractivity contribution in [2.75, 3.05) is 39.3 Å². The molecule has 2 saturated heterocycles. The maximum atomic E-state index is 12.5. The quantitative estimate of drug-likeness (QED) is 0.471. The normalized spacial score (nSPS) is 22.2. The third-order valence-electron chi connectivity index (χ3n) is 8.60. The van der Waals surface area contributed by atoms with Gasteiger partial charge in [-0.25, -0.2) is 9.78 Å². The zero-order valence-electron chi connectivity index (χ0n) is 21.9. The van der Waals surface area contributed by atoms with Gasteiger partial charge in [-0.3, -0.25) is 4.90 Å². The molecule has 2 aromatic rings. The lowest BCUT2D eigenvalue weighted by Crippen LogP contribution is -2.39. The second-order valence-electron chi connectivity index (χ2n) is 12.0.